The molecule has 1 aromatic carbocycles. The number of nitrogens with zero attached hydrogens (tertiary/aromatic N) is 3. The molecule has 0 saturated heterocycles. The number of rotatable bonds is 8. The van der Waals surface area contributed by atoms with Gasteiger partial charge in [-0.2, -0.15) is 4.98 Å². The topological polar surface area (TPSA) is 116 Å². The Kier molecular flexibility index (Phi) is 6.33. The number of pyridine rings is 1. The van der Waals surface area contributed by atoms with E-state index in [4.69, 9.17) is 15.0 Å². The molecule has 2 heterocycles. The molecule has 0 spiro atoms. The Morgan fingerprint density at radius 1 is 1.25 bits per heavy atom. The predicted octanol–water partition coefficient (Wildman–Crippen LogP) is 2.31. The van der Waals surface area contributed by atoms with Crippen molar-refractivity contribution in [2.45, 2.75) is 33.0 Å². The summed E-state index contributed by atoms with van der Waals surface area (Å²) in [6, 6.07) is 10.6. The largest absolute Gasteiger partial charge is 0.489 e. The maximum absolute atomic E-state index is 11.9. The van der Waals surface area contributed by atoms with Gasteiger partial charge in [-0.25, -0.2) is 0 Å². The molecule has 146 valence electrons. The van der Waals surface area contributed by atoms with Crippen LogP contribution in [-0.2, 0) is 17.9 Å². The zero-order valence-electron chi connectivity index (χ0n) is 15.8. The second-order valence-corrected chi connectivity index (χ2v) is 6.67. The second kappa shape index (κ2) is 9.09. The lowest BCUT2D eigenvalue weighted by atomic mass is 10.1. The van der Waals surface area contributed by atoms with Gasteiger partial charge in [0.1, 0.15) is 12.4 Å². The zero-order valence-corrected chi connectivity index (χ0v) is 15.8. The van der Waals surface area contributed by atoms with Gasteiger partial charge in [0, 0.05) is 23.5 Å². The lowest BCUT2D eigenvalue weighted by Gasteiger charge is -2.14. The van der Waals surface area contributed by atoms with E-state index in [-0.39, 0.29) is 18.4 Å². The number of nitrogens with one attached hydrogen (secondary N) is 1. The molecule has 0 radical (unpaired) electrons. The van der Waals surface area contributed by atoms with Crippen LogP contribution in [0.25, 0.3) is 11.4 Å². The molecule has 8 heteroatoms. The van der Waals surface area contributed by atoms with Crippen LogP contribution >= 0.6 is 0 Å². The number of carbonyl (C=O) groups is 1. The maximum atomic E-state index is 11.9. The number of amides is 1. The van der Waals surface area contributed by atoms with Crippen LogP contribution in [0, 0.1) is 5.92 Å². The van der Waals surface area contributed by atoms with Crippen molar-refractivity contribution < 1.29 is 14.1 Å². The second-order valence-electron chi connectivity index (χ2n) is 6.67. The Balaban J connectivity index is 1.55. The van der Waals surface area contributed by atoms with Crippen LogP contribution in [-0.4, -0.2) is 27.1 Å². The van der Waals surface area contributed by atoms with E-state index in [9.17, 15) is 4.79 Å². The van der Waals surface area contributed by atoms with Gasteiger partial charge >= 0.3 is 0 Å². The minimum atomic E-state index is -0.568. The molecule has 0 saturated carbocycles. The van der Waals surface area contributed by atoms with E-state index in [1.165, 1.54) is 0 Å². The first-order chi connectivity index (χ1) is 13.5. The van der Waals surface area contributed by atoms with Gasteiger partial charge in [-0.3, -0.25) is 9.78 Å². The van der Waals surface area contributed by atoms with E-state index in [1.807, 2.05) is 50.2 Å². The summed E-state index contributed by atoms with van der Waals surface area (Å²) in [4.78, 5) is 20.2. The molecule has 0 aliphatic rings. The number of nitrogens with two attached hydrogens (primary N) is 1. The number of aromatic nitrogens is 3. The van der Waals surface area contributed by atoms with E-state index in [1.54, 1.807) is 12.4 Å². The fourth-order valence-corrected chi connectivity index (χ4v) is 2.38. The summed E-state index contributed by atoms with van der Waals surface area (Å²) in [5.41, 5.74) is 7.58. The van der Waals surface area contributed by atoms with Crippen LogP contribution in [0.3, 0.4) is 0 Å². The fraction of sp³-hybridized carbons (Fsp3) is 0.300. The van der Waals surface area contributed by atoms with Crippen molar-refractivity contribution >= 4 is 5.91 Å². The third-order valence-corrected chi connectivity index (χ3v) is 4.14. The first-order valence-electron chi connectivity index (χ1n) is 9.01. The van der Waals surface area contributed by atoms with Crippen molar-refractivity contribution in [1.29, 1.82) is 0 Å². The molecule has 0 unspecified atom stereocenters. The van der Waals surface area contributed by atoms with Crippen molar-refractivity contribution in [1.82, 2.24) is 20.4 Å². The van der Waals surface area contributed by atoms with E-state index in [2.05, 4.69) is 20.4 Å². The monoisotopic (exact) mass is 381 g/mol. The first-order valence-corrected chi connectivity index (χ1v) is 9.01. The molecular weight excluding hydrogens is 358 g/mol. The highest BCUT2D eigenvalue weighted by Crippen LogP contribution is 2.20. The van der Waals surface area contributed by atoms with Gasteiger partial charge in [0.2, 0.25) is 17.6 Å². The van der Waals surface area contributed by atoms with Gasteiger partial charge < -0.3 is 20.3 Å². The van der Waals surface area contributed by atoms with Crippen molar-refractivity contribution in [3.8, 4) is 17.1 Å². The van der Waals surface area contributed by atoms with Crippen LogP contribution in [0.1, 0.15) is 25.3 Å². The van der Waals surface area contributed by atoms with Crippen molar-refractivity contribution in [3.05, 3.63) is 60.2 Å². The Morgan fingerprint density at radius 2 is 2.04 bits per heavy atom. The lowest BCUT2D eigenvalue weighted by molar-refractivity contribution is -0.123. The lowest BCUT2D eigenvalue weighted by Crippen LogP contribution is -2.43. The molecule has 28 heavy (non-hydrogen) atoms. The molecule has 3 aromatic rings. The van der Waals surface area contributed by atoms with Crippen molar-refractivity contribution in [2.75, 3.05) is 0 Å². The summed E-state index contributed by atoms with van der Waals surface area (Å²) in [6.07, 6.45) is 3.49. The van der Waals surface area contributed by atoms with E-state index < -0.39 is 6.04 Å². The van der Waals surface area contributed by atoms with Gasteiger partial charge in [0.05, 0.1) is 12.6 Å². The van der Waals surface area contributed by atoms with Crippen molar-refractivity contribution in [2.24, 2.45) is 11.7 Å². The highest BCUT2D eigenvalue weighted by Gasteiger charge is 2.18. The smallest absolute Gasteiger partial charge is 0.246 e. The van der Waals surface area contributed by atoms with Crippen molar-refractivity contribution in [3.63, 3.8) is 0 Å². The van der Waals surface area contributed by atoms with Crippen LogP contribution < -0.4 is 15.8 Å². The third kappa shape index (κ3) is 5.14. The average molecular weight is 381 g/mol. The van der Waals surface area contributed by atoms with Gasteiger partial charge in [-0.15, -0.1) is 0 Å². The Labute approximate surface area is 163 Å². The predicted molar refractivity (Wildman–Crippen MR) is 103 cm³/mol. The SMILES string of the molecule is CC(C)[C@H](N)C(=O)NCc1nc(-c2ccc(OCc3cccnc3)cc2)no1. The molecule has 3 N–H and O–H groups in total. The van der Waals surface area contributed by atoms with Crippen LogP contribution in [0.15, 0.2) is 53.3 Å². The van der Waals surface area contributed by atoms with E-state index in [0.29, 0.717) is 18.3 Å². The Morgan fingerprint density at radius 3 is 2.71 bits per heavy atom. The molecule has 0 bridgehead atoms. The molecule has 0 aliphatic heterocycles. The number of carbonyl (C=O) groups excluding carboxylic acids is 1. The summed E-state index contributed by atoms with van der Waals surface area (Å²) >= 11 is 0. The van der Waals surface area contributed by atoms with Gasteiger partial charge in [-0.05, 0) is 36.2 Å². The number of ether oxygens (including phenoxy) is 1. The zero-order chi connectivity index (χ0) is 19.9. The Bertz CT molecular complexity index is 894. The molecule has 1 amide bonds. The molecule has 1 atom stereocenters. The highest BCUT2D eigenvalue weighted by molar-refractivity contribution is 5.81. The molecule has 3 rings (SSSR count). The quantitative estimate of drug-likeness (QED) is 0.615. The maximum Gasteiger partial charge on any atom is 0.246 e. The fourth-order valence-electron chi connectivity index (χ4n) is 2.38. The number of hydrogen-bond donors (Lipinski definition) is 2. The summed E-state index contributed by atoms with van der Waals surface area (Å²) < 4.78 is 10.9. The molecule has 0 fully saturated rings. The van der Waals surface area contributed by atoms with Gasteiger partial charge in [0.15, 0.2) is 0 Å². The first kappa shape index (κ1) is 19.5. The molecule has 8 nitrogen and oxygen atoms in total. The Hall–Kier alpha value is -3.26. The van der Waals surface area contributed by atoms with Gasteiger partial charge in [-0.1, -0.05) is 25.1 Å². The highest BCUT2D eigenvalue weighted by atomic mass is 16.5. The summed E-state index contributed by atoms with van der Waals surface area (Å²) in [6.45, 7) is 4.36. The normalized spacial score (nSPS) is 12.0. The summed E-state index contributed by atoms with van der Waals surface area (Å²) in [5, 5.41) is 6.65. The summed E-state index contributed by atoms with van der Waals surface area (Å²) in [5.74, 6) is 1.29. The number of benzene rings is 1. The van der Waals surface area contributed by atoms with Crippen LogP contribution in [0.5, 0.6) is 5.75 Å². The number of hydrogen-bond acceptors (Lipinski definition) is 7. The van der Waals surface area contributed by atoms with Crippen LogP contribution in [0.4, 0.5) is 0 Å². The molecule has 2 aromatic heterocycles. The molecular formula is C20H23N5O3. The van der Waals surface area contributed by atoms with E-state index >= 15 is 0 Å². The average Bonchev–Trinajstić information content (AvgIpc) is 3.20. The third-order valence-electron chi connectivity index (χ3n) is 4.14. The van der Waals surface area contributed by atoms with E-state index in [0.717, 1.165) is 16.9 Å². The minimum absolute atomic E-state index is 0.0529. The van der Waals surface area contributed by atoms with Crippen LogP contribution in [0.2, 0.25) is 0 Å². The minimum Gasteiger partial charge on any atom is -0.489 e. The molecule has 0 aliphatic carbocycles. The standard InChI is InChI=1S/C20H23N5O3/c1-13(2)18(21)20(26)23-11-17-24-19(25-28-17)15-5-7-16(8-6-15)27-12-14-4-3-9-22-10-14/h3-10,13,18H,11-12,21H2,1-2H3,(H,23,26)/t18-/m0/s1. The van der Waals surface area contributed by atoms with Gasteiger partial charge in [0.25, 0.3) is 0 Å². The summed E-state index contributed by atoms with van der Waals surface area (Å²) in [7, 11) is 0.